The highest BCUT2D eigenvalue weighted by atomic mass is 16.5. The molecule has 0 bridgehead atoms. The molecule has 0 aliphatic rings. The van der Waals surface area contributed by atoms with Gasteiger partial charge >= 0.3 is 5.97 Å². The number of carbonyl (C=O) groups excluding carboxylic acids is 2. The molecule has 0 spiro atoms. The molecule has 0 aliphatic carbocycles. The van der Waals surface area contributed by atoms with Crippen LogP contribution in [0.5, 0.6) is 5.75 Å². The van der Waals surface area contributed by atoms with Gasteiger partial charge in [0.25, 0.3) is 5.91 Å². The topological polar surface area (TPSA) is 88.4 Å². The summed E-state index contributed by atoms with van der Waals surface area (Å²) in [6.45, 7) is 5.32. The third-order valence-electron chi connectivity index (χ3n) is 3.69. The van der Waals surface area contributed by atoms with E-state index in [9.17, 15) is 9.59 Å². The molecule has 0 aromatic heterocycles. The summed E-state index contributed by atoms with van der Waals surface area (Å²) in [5.41, 5.74) is -0.979. The molecule has 6 nitrogen and oxygen atoms in total. The molecule has 1 atom stereocenters. The summed E-state index contributed by atoms with van der Waals surface area (Å²) in [5.74, 6) is -0.265. The van der Waals surface area contributed by atoms with Gasteiger partial charge in [-0.25, -0.2) is 0 Å². The van der Waals surface area contributed by atoms with Crippen LogP contribution in [-0.4, -0.2) is 30.6 Å². The second kappa shape index (κ2) is 9.56. The average molecular weight is 332 g/mol. The van der Waals surface area contributed by atoms with Gasteiger partial charge in [-0.15, -0.1) is 0 Å². The van der Waals surface area contributed by atoms with Gasteiger partial charge < -0.3 is 14.8 Å². The van der Waals surface area contributed by atoms with Gasteiger partial charge in [0.05, 0.1) is 12.7 Å². The van der Waals surface area contributed by atoms with Crippen molar-refractivity contribution in [2.24, 2.45) is 5.92 Å². The lowest BCUT2D eigenvalue weighted by Crippen LogP contribution is -2.50. The van der Waals surface area contributed by atoms with Gasteiger partial charge in [0.15, 0.2) is 6.61 Å². The van der Waals surface area contributed by atoms with Gasteiger partial charge in [0.2, 0.25) is 0 Å². The highest BCUT2D eigenvalue weighted by Gasteiger charge is 2.30. The van der Waals surface area contributed by atoms with Crippen molar-refractivity contribution in [2.45, 2.75) is 39.2 Å². The molecule has 0 radical (unpaired) electrons. The molecule has 0 heterocycles. The molecule has 24 heavy (non-hydrogen) atoms. The van der Waals surface area contributed by atoms with Crippen molar-refractivity contribution >= 4 is 11.9 Å². The maximum atomic E-state index is 11.8. The van der Waals surface area contributed by atoms with Gasteiger partial charge in [-0.05, 0) is 31.4 Å². The van der Waals surface area contributed by atoms with E-state index < -0.39 is 17.4 Å². The number of hydrogen-bond acceptors (Lipinski definition) is 5. The molecule has 0 aliphatic heterocycles. The molecular weight excluding hydrogens is 308 g/mol. The van der Waals surface area contributed by atoms with Crippen LogP contribution in [-0.2, 0) is 14.3 Å². The summed E-state index contributed by atoms with van der Waals surface area (Å²) in [6, 6.07) is 11.4. The number of esters is 1. The standard InChI is InChI=1S/C18H24N2O4/c1-14(2)18(3,13-19)20-16(21)12-24-17(22)10-7-11-23-15-8-5-4-6-9-15/h4-6,8-9,14H,7,10-12H2,1-3H3,(H,20,21)/t18-/m1/s1. The Morgan fingerprint density at radius 2 is 1.96 bits per heavy atom. The summed E-state index contributed by atoms with van der Waals surface area (Å²) in [6.07, 6.45) is 0.664. The number of para-hydroxylation sites is 1. The maximum absolute atomic E-state index is 11.8. The predicted molar refractivity (Wildman–Crippen MR) is 89.1 cm³/mol. The number of hydrogen-bond donors (Lipinski definition) is 1. The van der Waals surface area contributed by atoms with Gasteiger partial charge in [0.1, 0.15) is 11.3 Å². The lowest BCUT2D eigenvalue weighted by molar-refractivity contribution is -0.149. The van der Waals surface area contributed by atoms with E-state index >= 15 is 0 Å². The summed E-state index contributed by atoms with van der Waals surface area (Å²) in [5, 5.41) is 11.7. The molecule has 6 heteroatoms. The van der Waals surface area contributed by atoms with Crippen LogP contribution >= 0.6 is 0 Å². The molecule has 1 N–H and O–H groups in total. The second-order valence-corrected chi connectivity index (χ2v) is 5.94. The van der Waals surface area contributed by atoms with E-state index in [1.54, 1.807) is 6.92 Å². The van der Waals surface area contributed by atoms with Crippen molar-refractivity contribution in [3.63, 3.8) is 0 Å². The first-order valence-electron chi connectivity index (χ1n) is 7.93. The Kier molecular flexibility index (Phi) is 7.76. The number of nitriles is 1. The third-order valence-corrected chi connectivity index (χ3v) is 3.69. The van der Waals surface area contributed by atoms with Gasteiger partial charge in [-0.2, -0.15) is 5.26 Å². The van der Waals surface area contributed by atoms with E-state index in [1.807, 2.05) is 44.2 Å². The SMILES string of the molecule is CC(C)[C@@](C)(C#N)NC(=O)COC(=O)CCCOc1ccccc1. The summed E-state index contributed by atoms with van der Waals surface area (Å²) in [4.78, 5) is 23.4. The van der Waals surface area contributed by atoms with Gasteiger partial charge in [0, 0.05) is 6.42 Å². The number of amides is 1. The van der Waals surface area contributed by atoms with Crippen molar-refractivity contribution in [1.29, 1.82) is 5.26 Å². The molecule has 0 fully saturated rings. The summed E-state index contributed by atoms with van der Waals surface area (Å²) >= 11 is 0. The van der Waals surface area contributed by atoms with Crippen LogP contribution in [0.25, 0.3) is 0 Å². The Morgan fingerprint density at radius 1 is 1.29 bits per heavy atom. The number of carbonyl (C=O) groups is 2. The largest absolute Gasteiger partial charge is 0.494 e. The Hall–Kier alpha value is -2.55. The van der Waals surface area contributed by atoms with E-state index in [4.69, 9.17) is 14.7 Å². The summed E-state index contributed by atoms with van der Waals surface area (Å²) in [7, 11) is 0. The van der Waals surface area contributed by atoms with E-state index in [2.05, 4.69) is 11.4 Å². The first-order chi connectivity index (χ1) is 11.4. The minimum atomic E-state index is -0.979. The van der Waals surface area contributed by atoms with Crippen molar-refractivity contribution in [3.8, 4) is 11.8 Å². The fourth-order valence-corrected chi connectivity index (χ4v) is 1.77. The van der Waals surface area contributed by atoms with Crippen LogP contribution in [0.15, 0.2) is 30.3 Å². The van der Waals surface area contributed by atoms with Crippen LogP contribution in [0.1, 0.15) is 33.6 Å². The van der Waals surface area contributed by atoms with E-state index in [-0.39, 0.29) is 18.9 Å². The fourth-order valence-electron chi connectivity index (χ4n) is 1.77. The minimum absolute atomic E-state index is 0.0581. The Morgan fingerprint density at radius 3 is 2.54 bits per heavy atom. The first-order valence-corrected chi connectivity index (χ1v) is 7.93. The number of ether oxygens (including phenoxy) is 2. The van der Waals surface area contributed by atoms with Crippen LogP contribution in [0.3, 0.4) is 0 Å². The molecule has 1 aromatic carbocycles. The summed E-state index contributed by atoms with van der Waals surface area (Å²) < 4.78 is 10.4. The molecule has 0 unspecified atom stereocenters. The van der Waals surface area contributed by atoms with Gasteiger partial charge in [-0.3, -0.25) is 9.59 Å². The zero-order valence-electron chi connectivity index (χ0n) is 14.4. The number of benzene rings is 1. The lowest BCUT2D eigenvalue weighted by Gasteiger charge is -2.27. The molecule has 1 amide bonds. The molecule has 0 saturated heterocycles. The minimum Gasteiger partial charge on any atom is -0.494 e. The van der Waals surface area contributed by atoms with Crippen LogP contribution in [0, 0.1) is 17.2 Å². The maximum Gasteiger partial charge on any atom is 0.306 e. The van der Waals surface area contributed by atoms with Crippen molar-refractivity contribution in [2.75, 3.05) is 13.2 Å². The second-order valence-electron chi connectivity index (χ2n) is 5.94. The fraction of sp³-hybridized carbons (Fsp3) is 0.500. The Bertz CT molecular complexity index is 580. The van der Waals surface area contributed by atoms with Crippen molar-refractivity contribution in [3.05, 3.63) is 30.3 Å². The monoisotopic (exact) mass is 332 g/mol. The Balaban J connectivity index is 2.21. The number of nitrogens with one attached hydrogen (secondary N) is 1. The van der Waals surface area contributed by atoms with Crippen LogP contribution in [0.2, 0.25) is 0 Å². The molecular formula is C18H24N2O4. The normalized spacial score (nSPS) is 12.8. The first kappa shape index (κ1) is 19.5. The van der Waals surface area contributed by atoms with Gasteiger partial charge in [-0.1, -0.05) is 32.0 Å². The van der Waals surface area contributed by atoms with Crippen LogP contribution < -0.4 is 10.1 Å². The smallest absolute Gasteiger partial charge is 0.306 e. The quantitative estimate of drug-likeness (QED) is 0.554. The molecule has 0 saturated carbocycles. The predicted octanol–water partition coefficient (Wildman–Crippen LogP) is 2.44. The molecule has 130 valence electrons. The average Bonchev–Trinajstić information content (AvgIpc) is 2.57. The number of nitrogens with zero attached hydrogens (tertiary/aromatic N) is 1. The zero-order chi connectivity index (χ0) is 18.0. The number of rotatable bonds is 9. The van der Waals surface area contributed by atoms with E-state index in [1.165, 1.54) is 0 Å². The third kappa shape index (κ3) is 6.69. The lowest BCUT2D eigenvalue weighted by atomic mass is 9.90. The van der Waals surface area contributed by atoms with E-state index in [0.29, 0.717) is 13.0 Å². The Labute approximate surface area is 142 Å². The highest BCUT2D eigenvalue weighted by molar-refractivity contribution is 5.81. The molecule has 1 aromatic rings. The van der Waals surface area contributed by atoms with Crippen molar-refractivity contribution in [1.82, 2.24) is 5.32 Å². The van der Waals surface area contributed by atoms with E-state index in [0.717, 1.165) is 5.75 Å². The molecule has 1 rings (SSSR count). The van der Waals surface area contributed by atoms with Crippen molar-refractivity contribution < 1.29 is 19.1 Å². The zero-order valence-corrected chi connectivity index (χ0v) is 14.4. The van der Waals surface area contributed by atoms with Crippen LogP contribution in [0.4, 0.5) is 0 Å². The highest BCUT2D eigenvalue weighted by Crippen LogP contribution is 2.14.